The Morgan fingerprint density at radius 3 is 2.44 bits per heavy atom. The third-order valence-electron chi connectivity index (χ3n) is 3.03. The van der Waals surface area contributed by atoms with Gasteiger partial charge in [-0.3, -0.25) is 0 Å². The maximum absolute atomic E-state index is 6.31. The van der Waals surface area contributed by atoms with Crippen molar-refractivity contribution in [2.45, 2.75) is 13.0 Å². The fraction of sp³-hybridized carbons (Fsp3) is 0.200. The Bertz CT molecular complexity index is 554. The van der Waals surface area contributed by atoms with Gasteiger partial charge in [-0.05, 0) is 24.1 Å². The van der Waals surface area contributed by atoms with Crippen molar-refractivity contribution in [3.8, 4) is 5.75 Å². The van der Waals surface area contributed by atoms with E-state index in [2.05, 4.69) is 0 Å². The summed E-state index contributed by atoms with van der Waals surface area (Å²) in [7, 11) is 1.64. The van der Waals surface area contributed by atoms with Gasteiger partial charge in [-0.15, -0.1) is 0 Å². The number of halogens is 1. The van der Waals surface area contributed by atoms with Crippen molar-refractivity contribution in [1.82, 2.24) is 0 Å². The van der Waals surface area contributed by atoms with Crippen molar-refractivity contribution in [3.63, 3.8) is 0 Å². The molecule has 2 rings (SSSR count). The number of hydrogen-bond acceptors (Lipinski definition) is 2. The van der Waals surface area contributed by atoms with Crippen LogP contribution < -0.4 is 10.5 Å². The summed E-state index contributed by atoms with van der Waals surface area (Å²) in [6, 6.07) is 13.3. The van der Waals surface area contributed by atoms with Crippen LogP contribution in [0.3, 0.4) is 0 Å². The van der Waals surface area contributed by atoms with Crippen LogP contribution in [0.1, 0.15) is 22.7 Å². The Hall–Kier alpha value is -1.51. The first-order valence-electron chi connectivity index (χ1n) is 5.78. The summed E-state index contributed by atoms with van der Waals surface area (Å²) in [5.41, 5.74) is 9.18. The molecule has 0 bridgehead atoms. The topological polar surface area (TPSA) is 35.2 Å². The number of benzene rings is 2. The molecule has 2 aromatic rings. The lowest BCUT2D eigenvalue weighted by Crippen LogP contribution is -2.13. The first kappa shape index (κ1) is 12.9. The second-order valence-corrected chi connectivity index (χ2v) is 4.58. The van der Waals surface area contributed by atoms with E-state index in [1.807, 2.05) is 49.4 Å². The van der Waals surface area contributed by atoms with Crippen LogP contribution in [-0.4, -0.2) is 7.11 Å². The highest BCUT2D eigenvalue weighted by Crippen LogP contribution is 2.32. The summed E-state index contributed by atoms with van der Waals surface area (Å²) < 4.78 is 5.33. The minimum Gasteiger partial charge on any atom is -0.496 e. The molecule has 18 heavy (non-hydrogen) atoms. The maximum atomic E-state index is 6.31. The highest BCUT2D eigenvalue weighted by Gasteiger charge is 2.16. The second kappa shape index (κ2) is 5.42. The van der Waals surface area contributed by atoms with Crippen LogP contribution in [0.25, 0.3) is 0 Å². The van der Waals surface area contributed by atoms with Crippen LogP contribution in [0.4, 0.5) is 0 Å². The summed E-state index contributed by atoms with van der Waals surface area (Å²) in [6.07, 6.45) is 0. The Morgan fingerprint density at radius 1 is 1.06 bits per heavy atom. The average molecular weight is 262 g/mol. The standard InChI is InChI=1S/C15H16ClNO/c1-10-6-5-8-12(14(10)16)15(17)11-7-3-4-9-13(11)18-2/h3-9,15H,17H2,1-2H3. The lowest BCUT2D eigenvalue weighted by molar-refractivity contribution is 0.408. The lowest BCUT2D eigenvalue weighted by Gasteiger charge is -2.18. The molecule has 0 aliphatic carbocycles. The molecule has 2 nitrogen and oxygen atoms in total. The molecule has 0 amide bonds. The lowest BCUT2D eigenvalue weighted by atomic mass is 9.97. The predicted octanol–water partition coefficient (Wildman–Crippen LogP) is 3.71. The first-order valence-corrected chi connectivity index (χ1v) is 6.16. The molecule has 0 spiro atoms. The number of para-hydroxylation sites is 1. The van der Waals surface area contributed by atoms with Gasteiger partial charge in [-0.25, -0.2) is 0 Å². The van der Waals surface area contributed by atoms with E-state index in [9.17, 15) is 0 Å². The van der Waals surface area contributed by atoms with Crippen molar-refractivity contribution in [2.24, 2.45) is 5.73 Å². The first-order chi connectivity index (χ1) is 8.65. The maximum Gasteiger partial charge on any atom is 0.123 e. The van der Waals surface area contributed by atoms with Gasteiger partial charge in [-0.2, -0.15) is 0 Å². The van der Waals surface area contributed by atoms with Gasteiger partial charge in [0.25, 0.3) is 0 Å². The predicted molar refractivity (Wildman–Crippen MR) is 75.2 cm³/mol. The molecule has 0 fully saturated rings. The molecule has 0 aliphatic heterocycles. The monoisotopic (exact) mass is 261 g/mol. The Kier molecular flexibility index (Phi) is 3.90. The molecule has 94 valence electrons. The van der Waals surface area contributed by atoms with Crippen molar-refractivity contribution < 1.29 is 4.74 Å². The van der Waals surface area contributed by atoms with E-state index in [-0.39, 0.29) is 6.04 Å². The summed E-state index contributed by atoms with van der Waals surface area (Å²) in [6.45, 7) is 1.97. The average Bonchev–Trinajstić information content (AvgIpc) is 2.41. The molecule has 1 atom stereocenters. The molecular formula is C15H16ClNO. The van der Waals surface area contributed by atoms with E-state index in [1.54, 1.807) is 7.11 Å². The molecule has 0 aliphatic rings. The Morgan fingerprint density at radius 2 is 1.72 bits per heavy atom. The van der Waals surface area contributed by atoms with Crippen molar-refractivity contribution >= 4 is 11.6 Å². The van der Waals surface area contributed by atoms with Crippen LogP contribution in [-0.2, 0) is 0 Å². The third kappa shape index (κ3) is 2.35. The number of ether oxygens (including phenoxy) is 1. The number of aryl methyl sites for hydroxylation is 1. The van der Waals surface area contributed by atoms with Crippen molar-refractivity contribution in [2.75, 3.05) is 7.11 Å². The van der Waals surface area contributed by atoms with Crippen LogP contribution in [0, 0.1) is 6.92 Å². The quantitative estimate of drug-likeness (QED) is 0.914. The number of nitrogens with two attached hydrogens (primary N) is 1. The van der Waals surface area contributed by atoms with Gasteiger partial charge in [-0.1, -0.05) is 48.0 Å². The Balaban J connectivity index is 2.48. The fourth-order valence-electron chi connectivity index (χ4n) is 2.00. The van der Waals surface area contributed by atoms with Gasteiger partial charge in [0, 0.05) is 10.6 Å². The van der Waals surface area contributed by atoms with E-state index in [0.717, 1.165) is 27.5 Å². The minimum atomic E-state index is -0.284. The zero-order chi connectivity index (χ0) is 13.1. The normalized spacial score (nSPS) is 12.2. The highest BCUT2D eigenvalue weighted by atomic mass is 35.5. The zero-order valence-corrected chi connectivity index (χ0v) is 11.2. The van der Waals surface area contributed by atoms with Gasteiger partial charge in [0.15, 0.2) is 0 Å². The summed E-state index contributed by atoms with van der Waals surface area (Å²) in [5.74, 6) is 0.780. The third-order valence-corrected chi connectivity index (χ3v) is 3.55. The van der Waals surface area contributed by atoms with E-state index in [0.29, 0.717) is 0 Å². The van der Waals surface area contributed by atoms with Crippen molar-refractivity contribution in [3.05, 3.63) is 64.2 Å². The molecule has 3 heteroatoms. The SMILES string of the molecule is COc1ccccc1C(N)c1cccc(C)c1Cl. The van der Waals surface area contributed by atoms with Crippen LogP contribution in [0.15, 0.2) is 42.5 Å². The molecule has 0 aromatic heterocycles. The zero-order valence-electron chi connectivity index (χ0n) is 10.5. The number of hydrogen-bond donors (Lipinski definition) is 1. The molecule has 1 unspecified atom stereocenters. The van der Waals surface area contributed by atoms with Gasteiger partial charge >= 0.3 is 0 Å². The molecular weight excluding hydrogens is 246 g/mol. The van der Waals surface area contributed by atoms with Crippen LogP contribution in [0.2, 0.25) is 5.02 Å². The van der Waals surface area contributed by atoms with E-state index in [1.165, 1.54) is 0 Å². The molecule has 0 heterocycles. The number of methoxy groups -OCH3 is 1. The largest absolute Gasteiger partial charge is 0.496 e. The fourth-order valence-corrected chi connectivity index (χ4v) is 2.24. The van der Waals surface area contributed by atoms with Crippen LogP contribution >= 0.6 is 11.6 Å². The summed E-state index contributed by atoms with van der Waals surface area (Å²) in [5, 5.41) is 0.718. The van der Waals surface area contributed by atoms with Gasteiger partial charge < -0.3 is 10.5 Å². The van der Waals surface area contributed by atoms with Crippen molar-refractivity contribution in [1.29, 1.82) is 0 Å². The van der Waals surface area contributed by atoms with Gasteiger partial charge in [0.2, 0.25) is 0 Å². The second-order valence-electron chi connectivity index (χ2n) is 4.20. The highest BCUT2D eigenvalue weighted by molar-refractivity contribution is 6.32. The number of rotatable bonds is 3. The van der Waals surface area contributed by atoms with E-state index < -0.39 is 0 Å². The van der Waals surface area contributed by atoms with Crippen LogP contribution in [0.5, 0.6) is 5.75 Å². The van der Waals surface area contributed by atoms with Gasteiger partial charge in [0.05, 0.1) is 13.2 Å². The molecule has 0 saturated carbocycles. The molecule has 2 N–H and O–H groups in total. The van der Waals surface area contributed by atoms with E-state index in [4.69, 9.17) is 22.1 Å². The van der Waals surface area contributed by atoms with E-state index >= 15 is 0 Å². The summed E-state index contributed by atoms with van der Waals surface area (Å²) >= 11 is 6.31. The minimum absolute atomic E-state index is 0.284. The molecule has 2 aromatic carbocycles. The molecule has 0 saturated heterocycles. The Labute approximate surface area is 112 Å². The summed E-state index contributed by atoms with van der Waals surface area (Å²) in [4.78, 5) is 0. The molecule has 0 radical (unpaired) electrons. The van der Waals surface area contributed by atoms with Gasteiger partial charge in [0.1, 0.15) is 5.75 Å². The smallest absolute Gasteiger partial charge is 0.123 e.